The molecular weight excluding hydrogens is 290 g/mol. The van der Waals surface area contributed by atoms with Crippen molar-refractivity contribution >= 4 is 5.82 Å². The van der Waals surface area contributed by atoms with E-state index in [4.69, 9.17) is 15.2 Å². The molecule has 1 aromatic heterocycles. The highest BCUT2D eigenvalue weighted by Crippen LogP contribution is 2.20. The van der Waals surface area contributed by atoms with Crippen LogP contribution in [0, 0.1) is 0 Å². The second-order valence-corrected chi connectivity index (χ2v) is 5.80. The number of hydrogen-bond acceptors (Lipinski definition) is 5. The highest BCUT2D eigenvalue weighted by Gasteiger charge is 2.12. The molecule has 2 aromatic rings. The smallest absolute Gasteiger partial charge is 0.126 e. The number of morpholine rings is 1. The normalized spacial score (nSPS) is 15.5. The van der Waals surface area contributed by atoms with Crippen molar-refractivity contribution in [2.45, 2.75) is 13.0 Å². The maximum Gasteiger partial charge on any atom is 0.126 e. The Balaban J connectivity index is 1.74. The highest BCUT2D eigenvalue weighted by atomic mass is 16.5. The summed E-state index contributed by atoms with van der Waals surface area (Å²) in [7, 11) is 1.68. The van der Waals surface area contributed by atoms with E-state index in [0.29, 0.717) is 5.82 Å². The van der Waals surface area contributed by atoms with Gasteiger partial charge in [-0.1, -0.05) is 12.1 Å². The Morgan fingerprint density at radius 2 is 2.04 bits per heavy atom. The lowest BCUT2D eigenvalue weighted by Crippen LogP contribution is -2.35. The molecule has 0 spiro atoms. The average molecular weight is 313 g/mol. The second kappa shape index (κ2) is 7.44. The number of ether oxygens (including phenoxy) is 2. The molecule has 1 saturated heterocycles. The number of aromatic nitrogens is 1. The van der Waals surface area contributed by atoms with Crippen LogP contribution in [-0.2, 0) is 17.7 Å². The van der Waals surface area contributed by atoms with Crippen LogP contribution < -0.4 is 10.5 Å². The standard InChI is InChI=1S/C18H23N3O2/c1-22-17-4-2-3-14(11-17)9-16-10-15(12-20-18(16)19)13-21-5-7-23-8-6-21/h2-4,10-12H,5-9,13H2,1H3,(H2,19,20). The van der Waals surface area contributed by atoms with Gasteiger partial charge in [0.05, 0.1) is 20.3 Å². The lowest BCUT2D eigenvalue weighted by Gasteiger charge is -2.26. The summed E-state index contributed by atoms with van der Waals surface area (Å²) >= 11 is 0. The molecule has 0 atom stereocenters. The topological polar surface area (TPSA) is 60.6 Å². The maximum absolute atomic E-state index is 6.07. The van der Waals surface area contributed by atoms with Crippen LogP contribution in [0.1, 0.15) is 16.7 Å². The number of pyridine rings is 1. The van der Waals surface area contributed by atoms with Gasteiger partial charge in [-0.2, -0.15) is 0 Å². The van der Waals surface area contributed by atoms with E-state index in [2.05, 4.69) is 22.0 Å². The molecule has 3 rings (SSSR count). The fraction of sp³-hybridized carbons (Fsp3) is 0.389. The first-order chi connectivity index (χ1) is 11.2. The van der Waals surface area contributed by atoms with Gasteiger partial charge in [0.25, 0.3) is 0 Å². The molecule has 0 saturated carbocycles. The molecule has 1 aromatic carbocycles. The largest absolute Gasteiger partial charge is 0.497 e. The minimum atomic E-state index is 0.596. The third-order valence-electron chi connectivity index (χ3n) is 4.10. The Kier molecular flexibility index (Phi) is 5.10. The number of anilines is 1. The van der Waals surface area contributed by atoms with Gasteiger partial charge in [-0.3, -0.25) is 4.90 Å². The molecule has 122 valence electrons. The van der Waals surface area contributed by atoms with Crippen molar-refractivity contribution < 1.29 is 9.47 Å². The fourth-order valence-electron chi connectivity index (χ4n) is 2.82. The molecule has 0 amide bonds. The highest BCUT2D eigenvalue weighted by molar-refractivity contribution is 5.44. The van der Waals surface area contributed by atoms with Crippen LogP contribution in [0.5, 0.6) is 5.75 Å². The number of nitrogen functional groups attached to an aromatic ring is 1. The zero-order chi connectivity index (χ0) is 16.1. The zero-order valence-electron chi connectivity index (χ0n) is 13.5. The van der Waals surface area contributed by atoms with Crippen molar-refractivity contribution in [1.29, 1.82) is 0 Å². The van der Waals surface area contributed by atoms with Crippen LogP contribution >= 0.6 is 0 Å². The van der Waals surface area contributed by atoms with E-state index >= 15 is 0 Å². The Labute approximate surface area is 137 Å². The third-order valence-corrected chi connectivity index (χ3v) is 4.10. The first-order valence-electron chi connectivity index (χ1n) is 7.91. The van der Waals surface area contributed by atoms with Crippen LogP contribution in [0.25, 0.3) is 0 Å². The summed E-state index contributed by atoms with van der Waals surface area (Å²) in [6.45, 7) is 4.44. The molecule has 1 fully saturated rings. The molecule has 0 aliphatic carbocycles. The molecule has 1 aliphatic rings. The maximum atomic E-state index is 6.07. The predicted molar refractivity (Wildman–Crippen MR) is 90.5 cm³/mol. The van der Waals surface area contributed by atoms with Gasteiger partial charge in [-0.05, 0) is 34.9 Å². The van der Waals surface area contributed by atoms with Gasteiger partial charge >= 0.3 is 0 Å². The van der Waals surface area contributed by atoms with E-state index in [1.165, 1.54) is 11.1 Å². The Morgan fingerprint density at radius 1 is 1.22 bits per heavy atom. The summed E-state index contributed by atoms with van der Waals surface area (Å²) < 4.78 is 10.7. The molecule has 5 heteroatoms. The van der Waals surface area contributed by atoms with Crippen LogP contribution in [-0.4, -0.2) is 43.3 Å². The van der Waals surface area contributed by atoms with Gasteiger partial charge in [-0.25, -0.2) is 4.98 Å². The van der Waals surface area contributed by atoms with E-state index in [0.717, 1.165) is 50.6 Å². The molecule has 1 aliphatic heterocycles. The Hall–Kier alpha value is -2.11. The molecular formula is C18H23N3O2. The molecule has 0 unspecified atom stereocenters. The van der Waals surface area contributed by atoms with Gasteiger partial charge < -0.3 is 15.2 Å². The fourth-order valence-corrected chi connectivity index (χ4v) is 2.82. The number of nitrogens with two attached hydrogens (primary N) is 1. The number of hydrogen-bond donors (Lipinski definition) is 1. The van der Waals surface area contributed by atoms with Crippen molar-refractivity contribution in [3.63, 3.8) is 0 Å². The van der Waals surface area contributed by atoms with Gasteiger partial charge in [0.15, 0.2) is 0 Å². The molecule has 2 N–H and O–H groups in total. The zero-order valence-corrected chi connectivity index (χ0v) is 13.5. The van der Waals surface area contributed by atoms with Gasteiger partial charge in [0.1, 0.15) is 11.6 Å². The molecule has 0 bridgehead atoms. The first kappa shape index (κ1) is 15.8. The summed E-state index contributed by atoms with van der Waals surface area (Å²) in [5.41, 5.74) is 9.49. The summed E-state index contributed by atoms with van der Waals surface area (Å²) in [4.78, 5) is 6.75. The van der Waals surface area contributed by atoms with Crippen molar-refractivity contribution in [3.05, 3.63) is 53.2 Å². The van der Waals surface area contributed by atoms with Crippen molar-refractivity contribution in [3.8, 4) is 5.75 Å². The van der Waals surface area contributed by atoms with Crippen LogP contribution in [0.3, 0.4) is 0 Å². The minimum Gasteiger partial charge on any atom is -0.497 e. The monoisotopic (exact) mass is 313 g/mol. The Morgan fingerprint density at radius 3 is 2.83 bits per heavy atom. The predicted octanol–water partition coefficient (Wildman–Crippen LogP) is 2.10. The number of rotatable bonds is 5. The number of nitrogens with zero attached hydrogens (tertiary/aromatic N) is 2. The summed E-state index contributed by atoms with van der Waals surface area (Å²) in [5, 5.41) is 0. The third kappa shape index (κ3) is 4.21. The minimum absolute atomic E-state index is 0.596. The molecule has 23 heavy (non-hydrogen) atoms. The van der Waals surface area contributed by atoms with Crippen molar-refractivity contribution in [2.24, 2.45) is 0 Å². The summed E-state index contributed by atoms with van der Waals surface area (Å²) in [6.07, 6.45) is 2.63. The first-order valence-corrected chi connectivity index (χ1v) is 7.91. The average Bonchev–Trinajstić information content (AvgIpc) is 2.59. The van der Waals surface area contributed by atoms with E-state index in [1.54, 1.807) is 7.11 Å². The van der Waals surface area contributed by atoms with Crippen LogP contribution in [0.2, 0.25) is 0 Å². The number of methoxy groups -OCH3 is 1. The van der Waals surface area contributed by atoms with E-state index in [-0.39, 0.29) is 0 Å². The van der Waals surface area contributed by atoms with E-state index in [9.17, 15) is 0 Å². The molecule has 2 heterocycles. The van der Waals surface area contributed by atoms with Gasteiger partial charge in [0, 0.05) is 32.3 Å². The lowest BCUT2D eigenvalue weighted by molar-refractivity contribution is 0.0341. The van der Waals surface area contributed by atoms with Gasteiger partial charge in [-0.15, -0.1) is 0 Å². The Bertz CT molecular complexity index is 654. The van der Waals surface area contributed by atoms with Gasteiger partial charge in [0.2, 0.25) is 0 Å². The van der Waals surface area contributed by atoms with E-state index < -0.39 is 0 Å². The SMILES string of the molecule is COc1cccc(Cc2cc(CN3CCOCC3)cnc2N)c1. The number of benzene rings is 1. The molecule has 0 radical (unpaired) electrons. The summed E-state index contributed by atoms with van der Waals surface area (Å²) in [6, 6.07) is 10.2. The van der Waals surface area contributed by atoms with Crippen LogP contribution in [0.15, 0.2) is 36.5 Å². The van der Waals surface area contributed by atoms with E-state index in [1.807, 2.05) is 24.4 Å². The van der Waals surface area contributed by atoms with Crippen molar-refractivity contribution in [1.82, 2.24) is 9.88 Å². The van der Waals surface area contributed by atoms with Crippen molar-refractivity contribution in [2.75, 3.05) is 39.1 Å². The van der Waals surface area contributed by atoms with Crippen LogP contribution in [0.4, 0.5) is 5.82 Å². The lowest BCUT2D eigenvalue weighted by atomic mass is 10.0. The quantitative estimate of drug-likeness (QED) is 0.916. The second-order valence-electron chi connectivity index (χ2n) is 5.80. The summed E-state index contributed by atoms with van der Waals surface area (Å²) in [5.74, 6) is 1.46. The molecule has 5 nitrogen and oxygen atoms in total.